The highest BCUT2D eigenvalue weighted by atomic mass is 32.1. The fraction of sp³-hybridized carbons (Fsp3) is 0.158. The van der Waals surface area contributed by atoms with Gasteiger partial charge in [-0.2, -0.15) is 0 Å². The molecule has 0 aliphatic rings. The van der Waals surface area contributed by atoms with Crippen molar-refractivity contribution in [1.29, 1.82) is 0 Å². The second-order valence-corrected chi connectivity index (χ2v) is 6.31. The van der Waals surface area contributed by atoms with Gasteiger partial charge in [0.15, 0.2) is 0 Å². The Morgan fingerprint density at radius 2 is 1.96 bits per heavy atom. The Hall–Kier alpha value is -2.93. The van der Waals surface area contributed by atoms with Crippen molar-refractivity contribution in [3.63, 3.8) is 0 Å². The summed E-state index contributed by atoms with van der Waals surface area (Å²) in [5, 5.41) is 4.84. The van der Waals surface area contributed by atoms with Crippen LogP contribution in [0.25, 0.3) is 11.1 Å². The molecule has 26 heavy (non-hydrogen) atoms. The summed E-state index contributed by atoms with van der Waals surface area (Å²) in [4.78, 5) is 24.9. The van der Waals surface area contributed by atoms with Gasteiger partial charge in [-0.25, -0.2) is 9.18 Å². The molecule has 0 aliphatic heterocycles. The minimum Gasteiger partial charge on any atom is -0.469 e. The van der Waals surface area contributed by atoms with Crippen LogP contribution >= 0.6 is 11.3 Å². The number of thiophene rings is 1. The number of anilines is 1. The maximum absolute atomic E-state index is 13.2. The van der Waals surface area contributed by atoms with Crippen molar-refractivity contribution in [3.05, 3.63) is 64.7 Å². The highest BCUT2D eigenvalue weighted by molar-refractivity contribution is 7.15. The summed E-state index contributed by atoms with van der Waals surface area (Å²) in [6.07, 6.45) is 1.43. The predicted octanol–water partition coefficient (Wildman–Crippen LogP) is 4.88. The molecule has 2 heterocycles. The largest absolute Gasteiger partial charge is 0.469 e. The zero-order chi connectivity index (χ0) is 18.7. The first-order valence-electron chi connectivity index (χ1n) is 7.91. The molecule has 134 valence electrons. The van der Waals surface area contributed by atoms with Gasteiger partial charge in [-0.05, 0) is 37.6 Å². The minimum atomic E-state index is -0.549. The lowest BCUT2D eigenvalue weighted by Crippen LogP contribution is -2.15. The normalized spacial score (nSPS) is 10.6. The van der Waals surface area contributed by atoms with Crippen molar-refractivity contribution in [3.8, 4) is 11.1 Å². The number of aryl methyl sites for hydroxylation is 1. The highest BCUT2D eigenvalue weighted by Gasteiger charge is 2.24. The number of benzene rings is 1. The summed E-state index contributed by atoms with van der Waals surface area (Å²) < 4.78 is 23.5. The van der Waals surface area contributed by atoms with Crippen LogP contribution in [0.5, 0.6) is 0 Å². The fourth-order valence-corrected chi connectivity index (χ4v) is 3.44. The molecule has 0 radical (unpaired) electrons. The van der Waals surface area contributed by atoms with Gasteiger partial charge in [-0.15, -0.1) is 11.3 Å². The van der Waals surface area contributed by atoms with E-state index in [0.29, 0.717) is 27.5 Å². The number of halogens is 1. The van der Waals surface area contributed by atoms with Crippen molar-refractivity contribution >= 4 is 28.2 Å². The van der Waals surface area contributed by atoms with Gasteiger partial charge in [0.2, 0.25) is 0 Å². The van der Waals surface area contributed by atoms with Crippen LogP contribution in [0, 0.1) is 12.7 Å². The molecule has 3 aromatic rings. The van der Waals surface area contributed by atoms with E-state index in [1.54, 1.807) is 37.4 Å². The van der Waals surface area contributed by atoms with E-state index in [2.05, 4.69) is 5.32 Å². The summed E-state index contributed by atoms with van der Waals surface area (Å²) >= 11 is 1.20. The first-order valence-corrected chi connectivity index (χ1v) is 8.79. The average Bonchev–Trinajstić information content (AvgIpc) is 3.22. The van der Waals surface area contributed by atoms with Crippen LogP contribution in [0.1, 0.15) is 33.4 Å². The highest BCUT2D eigenvalue weighted by Crippen LogP contribution is 2.36. The zero-order valence-electron chi connectivity index (χ0n) is 14.2. The van der Waals surface area contributed by atoms with Crippen LogP contribution in [-0.2, 0) is 4.74 Å². The number of esters is 1. The summed E-state index contributed by atoms with van der Waals surface area (Å²) in [5.41, 5.74) is 1.87. The number of rotatable bonds is 5. The molecule has 0 saturated carbocycles. The summed E-state index contributed by atoms with van der Waals surface area (Å²) in [5.74, 6) is -0.817. The van der Waals surface area contributed by atoms with Crippen molar-refractivity contribution in [2.75, 3.05) is 11.9 Å². The van der Waals surface area contributed by atoms with Crippen LogP contribution in [0.3, 0.4) is 0 Å². The Bertz CT molecular complexity index is 943. The second-order valence-electron chi connectivity index (χ2n) is 5.43. The van der Waals surface area contributed by atoms with E-state index in [9.17, 15) is 14.0 Å². The van der Waals surface area contributed by atoms with Crippen LogP contribution in [0.4, 0.5) is 9.39 Å². The number of carbonyl (C=O) groups excluding carboxylic acids is 2. The number of hydrogen-bond acceptors (Lipinski definition) is 5. The first kappa shape index (κ1) is 17.9. The number of nitrogens with one attached hydrogen (secondary N) is 1. The number of furan rings is 1. The molecule has 0 saturated heterocycles. The third kappa shape index (κ3) is 3.52. The molecule has 2 aromatic heterocycles. The Morgan fingerprint density at radius 3 is 2.58 bits per heavy atom. The van der Waals surface area contributed by atoms with Gasteiger partial charge < -0.3 is 14.5 Å². The van der Waals surface area contributed by atoms with Crippen molar-refractivity contribution in [1.82, 2.24) is 0 Å². The summed E-state index contributed by atoms with van der Waals surface area (Å²) in [6, 6.07) is 7.34. The van der Waals surface area contributed by atoms with E-state index < -0.39 is 5.97 Å². The molecule has 1 N–H and O–H groups in total. The number of hydrogen-bond donors (Lipinski definition) is 1. The summed E-state index contributed by atoms with van der Waals surface area (Å²) in [7, 11) is 0. The van der Waals surface area contributed by atoms with Crippen LogP contribution in [0.15, 0.2) is 46.4 Å². The lowest BCUT2D eigenvalue weighted by atomic mass is 10.0. The van der Waals surface area contributed by atoms with Gasteiger partial charge in [0.05, 0.1) is 18.4 Å². The van der Waals surface area contributed by atoms with E-state index in [4.69, 9.17) is 9.15 Å². The molecule has 7 heteroatoms. The Labute approximate surface area is 153 Å². The smallest absolute Gasteiger partial charge is 0.341 e. The van der Waals surface area contributed by atoms with Gasteiger partial charge in [-0.3, -0.25) is 4.79 Å². The molecule has 0 spiro atoms. The van der Waals surface area contributed by atoms with Gasteiger partial charge >= 0.3 is 5.97 Å². The molecular formula is C19H16FNO4S. The van der Waals surface area contributed by atoms with E-state index in [-0.39, 0.29) is 23.9 Å². The lowest BCUT2D eigenvalue weighted by molar-refractivity contribution is 0.0529. The van der Waals surface area contributed by atoms with Crippen LogP contribution in [0.2, 0.25) is 0 Å². The number of ether oxygens (including phenoxy) is 1. The van der Waals surface area contributed by atoms with Gasteiger partial charge in [-0.1, -0.05) is 12.1 Å². The van der Waals surface area contributed by atoms with Crippen LogP contribution < -0.4 is 5.32 Å². The topological polar surface area (TPSA) is 68.5 Å². The lowest BCUT2D eigenvalue weighted by Gasteiger charge is -2.08. The van der Waals surface area contributed by atoms with E-state index in [1.807, 2.05) is 0 Å². The van der Waals surface area contributed by atoms with Gasteiger partial charge in [0.1, 0.15) is 22.1 Å². The van der Waals surface area contributed by atoms with Crippen molar-refractivity contribution in [2.24, 2.45) is 0 Å². The Balaban J connectivity index is 2.00. The SMILES string of the molecule is CCOC(=O)c1c(-c2ccc(F)cc2)csc1NC(=O)c1ccoc1C. The van der Waals surface area contributed by atoms with Crippen molar-refractivity contribution in [2.45, 2.75) is 13.8 Å². The Kier molecular flexibility index (Phi) is 5.18. The molecule has 3 rings (SSSR count). The van der Waals surface area contributed by atoms with Gasteiger partial charge in [0.25, 0.3) is 5.91 Å². The molecule has 0 bridgehead atoms. The molecule has 1 aromatic carbocycles. The van der Waals surface area contributed by atoms with Crippen LogP contribution in [-0.4, -0.2) is 18.5 Å². The van der Waals surface area contributed by atoms with Crippen molar-refractivity contribution < 1.29 is 23.1 Å². The molecule has 0 unspecified atom stereocenters. The number of carbonyl (C=O) groups is 2. The monoisotopic (exact) mass is 373 g/mol. The quantitative estimate of drug-likeness (QED) is 0.647. The molecule has 5 nitrogen and oxygen atoms in total. The first-order chi connectivity index (χ1) is 12.5. The van der Waals surface area contributed by atoms with E-state index >= 15 is 0 Å². The minimum absolute atomic E-state index is 0.200. The molecular weight excluding hydrogens is 357 g/mol. The second kappa shape index (κ2) is 7.53. The van der Waals surface area contributed by atoms with E-state index in [0.717, 1.165) is 0 Å². The third-order valence-electron chi connectivity index (χ3n) is 3.76. The fourth-order valence-electron chi connectivity index (χ4n) is 2.49. The third-order valence-corrected chi connectivity index (χ3v) is 4.65. The molecule has 0 atom stereocenters. The average molecular weight is 373 g/mol. The molecule has 1 amide bonds. The van der Waals surface area contributed by atoms with E-state index in [1.165, 1.54) is 29.7 Å². The maximum Gasteiger partial charge on any atom is 0.341 e. The predicted molar refractivity (Wildman–Crippen MR) is 97.1 cm³/mol. The molecule has 0 fully saturated rings. The molecule has 0 aliphatic carbocycles. The Morgan fingerprint density at radius 1 is 1.23 bits per heavy atom. The summed E-state index contributed by atoms with van der Waals surface area (Å²) in [6.45, 7) is 3.58. The number of amides is 1. The zero-order valence-corrected chi connectivity index (χ0v) is 15.0. The standard InChI is InChI=1S/C19H16FNO4S/c1-3-24-19(23)16-15(12-4-6-13(20)7-5-12)10-26-18(16)21-17(22)14-8-9-25-11(14)2/h4-10H,3H2,1-2H3,(H,21,22). The van der Waals surface area contributed by atoms with Gasteiger partial charge in [0, 0.05) is 10.9 Å². The maximum atomic E-state index is 13.2.